The van der Waals surface area contributed by atoms with Gasteiger partial charge in [0.05, 0.1) is 17.7 Å². The molecule has 4 nitrogen and oxygen atoms in total. The van der Waals surface area contributed by atoms with Gasteiger partial charge in [0.25, 0.3) is 0 Å². The summed E-state index contributed by atoms with van der Waals surface area (Å²) in [6.45, 7) is 0.241. The maximum Gasteiger partial charge on any atom is 0.344 e. The monoisotopic (exact) mass is 346 g/mol. The third-order valence-corrected chi connectivity index (χ3v) is 3.79. The molecule has 0 N–H and O–H groups in total. The van der Waals surface area contributed by atoms with Crippen LogP contribution in [0.4, 0.5) is 0 Å². The molecule has 0 saturated carbocycles. The summed E-state index contributed by atoms with van der Waals surface area (Å²) in [7, 11) is 0. The molecule has 0 saturated heterocycles. The summed E-state index contributed by atoms with van der Waals surface area (Å²) in [5, 5.41) is 0. The lowest BCUT2D eigenvalue weighted by molar-refractivity contribution is 0.0500. The lowest BCUT2D eigenvalue weighted by Crippen LogP contribution is -2.16. The van der Waals surface area contributed by atoms with Crippen LogP contribution in [-0.4, -0.2) is 18.5 Å². The Morgan fingerprint density at radius 2 is 1.19 bits per heavy atom. The molecule has 0 aliphatic heterocycles. The van der Waals surface area contributed by atoms with E-state index in [9.17, 15) is 9.59 Å². The molecule has 0 aromatic heterocycles. The number of carbonyl (C=O) groups is 2. The highest BCUT2D eigenvalue weighted by Crippen LogP contribution is 2.16. The van der Waals surface area contributed by atoms with E-state index in [1.807, 2.05) is 36.4 Å². The quantitative estimate of drug-likeness (QED) is 0.493. The van der Waals surface area contributed by atoms with Gasteiger partial charge in [0.1, 0.15) is 5.75 Å². The van der Waals surface area contributed by atoms with Crippen LogP contribution in [0, 0.1) is 0 Å². The standard InChI is InChI=1S/C22H18O4/c23-21(25-16-15-17-9-3-1-4-10-17)19-13-7-8-14-20(19)22(24)26-18-11-5-2-6-12-18/h1-14H,15-16H2. The van der Waals surface area contributed by atoms with Crippen LogP contribution in [-0.2, 0) is 11.2 Å². The summed E-state index contributed by atoms with van der Waals surface area (Å²) in [5.41, 5.74) is 1.46. The average Bonchev–Trinajstić information content (AvgIpc) is 2.69. The molecule has 0 spiro atoms. The number of rotatable bonds is 6. The molecule has 26 heavy (non-hydrogen) atoms. The second-order valence-corrected chi connectivity index (χ2v) is 5.62. The Morgan fingerprint density at radius 1 is 0.654 bits per heavy atom. The highest BCUT2D eigenvalue weighted by Gasteiger charge is 2.19. The zero-order chi connectivity index (χ0) is 18.2. The van der Waals surface area contributed by atoms with Gasteiger partial charge in [-0.2, -0.15) is 0 Å². The molecular weight excluding hydrogens is 328 g/mol. The fourth-order valence-electron chi connectivity index (χ4n) is 2.47. The molecule has 130 valence electrons. The first kappa shape index (κ1) is 17.4. The van der Waals surface area contributed by atoms with Gasteiger partial charge in [-0.05, 0) is 29.8 Å². The van der Waals surface area contributed by atoms with Gasteiger partial charge in [0, 0.05) is 6.42 Å². The van der Waals surface area contributed by atoms with Gasteiger partial charge in [0.2, 0.25) is 0 Å². The molecule has 0 fully saturated rings. The molecule has 0 radical (unpaired) electrons. The van der Waals surface area contributed by atoms with Crippen molar-refractivity contribution in [2.24, 2.45) is 0 Å². The van der Waals surface area contributed by atoms with E-state index in [0.717, 1.165) is 5.56 Å². The minimum absolute atomic E-state index is 0.182. The number of hydrogen-bond donors (Lipinski definition) is 0. The van der Waals surface area contributed by atoms with Gasteiger partial charge in [0.15, 0.2) is 0 Å². The average molecular weight is 346 g/mol. The summed E-state index contributed by atoms with van der Waals surface area (Å²) in [6.07, 6.45) is 0.614. The van der Waals surface area contributed by atoms with Crippen molar-refractivity contribution in [2.45, 2.75) is 6.42 Å². The predicted molar refractivity (Wildman–Crippen MR) is 98.3 cm³/mol. The second kappa shape index (κ2) is 8.62. The molecule has 3 rings (SSSR count). The number of hydrogen-bond acceptors (Lipinski definition) is 4. The Hall–Kier alpha value is -3.40. The van der Waals surface area contributed by atoms with Crippen molar-refractivity contribution >= 4 is 11.9 Å². The van der Waals surface area contributed by atoms with E-state index in [4.69, 9.17) is 9.47 Å². The smallest absolute Gasteiger partial charge is 0.344 e. The van der Waals surface area contributed by atoms with Crippen LogP contribution in [0.25, 0.3) is 0 Å². The summed E-state index contributed by atoms with van der Waals surface area (Å²) < 4.78 is 10.6. The largest absolute Gasteiger partial charge is 0.462 e. The highest BCUT2D eigenvalue weighted by molar-refractivity contribution is 6.03. The van der Waals surface area contributed by atoms with Gasteiger partial charge < -0.3 is 9.47 Å². The minimum Gasteiger partial charge on any atom is -0.462 e. The van der Waals surface area contributed by atoms with Gasteiger partial charge >= 0.3 is 11.9 Å². The Bertz CT molecular complexity index is 873. The fourth-order valence-corrected chi connectivity index (χ4v) is 2.47. The number of carbonyl (C=O) groups excluding carboxylic acids is 2. The van der Waals surface area contributed by atoms with Crippen LogP contribution in [0.3, 0.4) is 0 Å². The topological polar surface area (TPSA) is 52.6 Å². The summed E-state index contributed by atoms with van der Waals surface area (Å²) in [4.78, 5) is 24.8. The molecular formula is C22H18O4. The van der Waals surface area contributed by atoms with E-state index in [1.54, 1.807) is 48.5 Å². The fraction of sp³-hybridized carbons (Fsp3) is 0.0909. The van der Waals surface area contributed by atoms with Crippen molar-refractivity contribution in [3.63, 3.8) is 0 Å². The number of benzene rings is 3. The van der Waals surface area contributed by atoms with Crippen molar-refractivity contribution in [1.82, 2.24) is 0 Å². The molecule has 0 atom stereocenters. The molecule has 0 bridgehead atoms. The first-order valence-electron chi connectivity index (χ1n) is 8.31. The lowest BCUT2D eigenvalue weighted by Gasteiger charge is -2.09. The molecule has 3 aromatic rings. The van der Waals surface area contributed by atoms with Crippen molar-refractivity contribution in [3.05, 3.63) is 102 Å². The van der Waals surface area contributed by atoms with Gasteiger partial charge in [-0.15, -0.1) is 0 Å². The molecule has 3 aromatic carbocycles. The van der Waals surface area contributed by atoms with Crippen molar-refractivity contribution in [2.75, 3.05) is 6.61 Å². The minimum atomic E-state index is -0.591. The van der Waals surface area contributed by atoms with Gasteiger partial charge in [-0.3, -0.25) is 0 Å². The van der Waals surface area contributed by atoms with Gasteiger partial charge in [-0.25, -0.2) is 9.59 Å². The number of ether oxygens (including phenoxy) is 2. The third-order valence-electron chi connectivity index (χ3n) is 3.79. The van der Waals surface area contributed by atoms with Crippen LogP contribution in [0.5, 0.6) is 5.75 Å². The van der Waals surface area contributed by atoms with Crippen LogP contribution in [0.2, 0.25) is 0 Å². The SMILES string of the molecule is O=C(OCCc1ccccc1)c1ccccc1C(=O)Oc1ccccc1. The van der Waals surface area contributed by atoms with Crippen LogP contribution >= 0.6 is 0 Å². The maximum absolute atomic E-state index is 12.4. The Balaban J connectivity index is 1.66. The Labute approximate surface area is 152 Å². The number of esters is 2. The highest BCUT2D eigenvalue weighted by atomic mass is 16.5. The molecule has 0 amide bonds. The summed E-state index contributed by atoms with van der Waals surface area (Å²) in [5.74, 6) is -0.710. The summed E-state index contributed by atoms with van der Waals surface area (Å²) in [6, 6.07) is 25.0. The molecule has 0 aliphatic rings. The number of para-hydroxylation sites is 1. The molecule has 0 aliphatic carbocycles. The van der Waals surface area contributed by atoms with E-state index in [1.165, 1.54) is 0 Å². The third kappa shape index (κ3) is 4.57. The summed E-state index contributed by atoms with van der Waals surface area (Å²) >= 11 is 0. The van der Waals surface area contributed by atoms with Crippen molar-refractivity contribution in [3.8, 4) is 5.75 Å². The van der Waals surface area contributed by atoms with E-state index in [0.29, 0.717) is 12.2 Å². The normalized spacial score (nSPS) is 10.2. The van der Waals surface area contributed by atoms with E-state index >= 15 is 0 Å². The first-order chi connectivity index (χ1) is 12.7. The molecule has 0 unspecified atom stereocenters. The zero-order valence-corrected chi connectivity index (χ0v) is 14.1. The molecule has 0 heterocycles. The van der Waals surface area contributed by atoms with Crippen molar-refractivity contribution < 1.29 is 19.1 Å². The van der Waals surface area contributed by atoms with Crippen molar-refractivity contribution in [1.29, 1.82) is 0 Å². The Morgan fingerprint density at radius 3 is 1.85 bits per heavy atom. The first-order valence-corrected chi connectivity index (χ1v) is 8.31. The second-order valence-electron chi connectivity index (χ2n) is 5.62. The Kier molecular flexibility index (Phi) is 5.78. The van der Waals surface area contributed by atoms with Gasteiger partial charge in [-0.1, -0.05) is 60.7 Å². The molecule has 4 heteroatoms. The van der Waals surface area contributed by atoms with E-state index in [2.05, 4.69) is 0 Å². The van der Waals surface area contributed by atoms with Crippen LogP contribution < -0.4 is 4.74 Å². The van der Waals surface area contributed by atoms with E-state index in [-0.39, 0.29) is 17.7 Å². The lowest BCUT2D eigenvalue weighted by atomic mass is 10.1. The maximum atomic E-state index is 12.4. The van der Waals surface area contributed by atoms with Crippen LogP contribution in [0.1, 0.15) is 26.3 Å². The van der Waals surface area contributed by atoms with Crippen LogP contribution in [0.15, 0.2) is 84.9 Å². The van der Waals surface area contributed by atoms with E-state index < -0.39 is 11.9 Å². The zero-order valence-electron chi connectivity index (χ0n) is 14.1. The predicted octanol–water partition coefficient (Wildman–Crippen LogP) is 4.31.